The Hall–Kier alpha value is -1.22. The van der Waals surface area contributed by atoms with E-state index < -0.39 is 0 Å². The molecular formula is C13H21NO2. The summed E-state index contributed by atoms with van der Waals surface area (Å²) in [6, 6.07) is 6.09. The van der Waals surface area contributed by atoms with Crippen LogP contribution in [0.5, 0.6) is 11.5 Å². The first kappa shape index (κ1) is 12.8. The van der Waals surface area contributed by atoms with E-state index in [2.05, 4.69) is 6.92 Å². The largest absolute Gasteiger partial charge is 0.493 e. The molecule has 0 spiro atoms. The van der Waals surface area contributed by atoms with Crippen LogP contribution in [0.2, 0.25) is 0 Å². The monoisotopic (exact) mass is 223 g/mol. The van der Waals surface area contributed by atoms with Gasteiger partial charge in [0.05, 0.1) is 14.2 Å². The van der Waals surface area contributed by atoms with Gasteiger partial charge in [-0.2, -0.15) is 0 Å². The van der Waals surface area contributed by atoms with Crippen molar-refractivity contribution in [2.75, 3.05) is 14.2 Å². The van der Waals surface area contributed by atoms with Crippen molar-refractivity contribution in [3.63, 3.8) is 0 Å². The van der Waals surface area contributed by atoms with E-state index in [9.17, 15) is 0 Å². The Morgan fingerprint density at radius 1 is 1.25 bits per heavy atom. The summed E-state index contributed by atoms with van der Waals surface area (Å²) in [6.45, 7) is 2.14. The fourth-order valence-electron chi connectivity index (χ4n) is 1.87. The summed E-state index contributed by atoms with van der Waals surface area (Å²) in [6.07, 6.45) is 2.96. The van der Waals surface area contributed by atoms with Crippen LogP contribution in [0.3, 0.4) is 0 Å². The van der Waals surface area contributed by atoms with E-state index in [-0.39, 0.29) is 6.04 Å². The Morgan fingerprint density at radius 2 is 2.00 bits per heavy atom. The fourth-order valence-corrected chi connectivity index (χ4v) is 1.87. The Balaban J connectivity index is 2.86. The van der Waals surface area contributed by atoms with Crippen LogP contribution in [0.25, 0.3) is 0 Å². The second-order valence-electron chi connectivity index (χ2n) is 3.91. The molecule has 0 aliphatic rings. The number of methoxy groups -OCH3 is 2. The molecule has 1 aromatic rings. The maximum absolute atomic E-state index is 6.03. The molecule has 2 N–H and O–H groups in total. The third-order valence-corrected chi connectivity index (χ3v) is 2.63. The van der Waals surface area contributed by atoms with E-state index in [4.69, 9.17) is 15.2 Å². The maximum Gasteiger partial charge on any atom is 0.163 e. The molecule has 1 aromatic carbocycles. The standard InChI is InChI=1S/C13H21NO2/c1-4-6-11(14)9-10-7-5-8-12(15-2)13(10)16-3/h5,7-8,11H,4,6,9,14H2,1-3H3. The van der Waals surface area contributed by atoms with Crippen molar-refractivity contribution < 1.29 is 9.47 Å². The molecule has 1 atom stereocenters. The molecule has 90 valence electrons. The zero-order valence-corrected chi connectivity index (χ0v) is 10.3. The predicted molar refractivity (Wildman–Crippen MR) is 66.1 cm³/mol. The average Bonchev–Trinajstić information content (AvgIpc) is 2.29. The highest BCUT2D eigenvalue weighted by Crippen LogP contribution is 2.31. The van der Waals surface area contributed by atoms with E-state index in [1.807, 2.05) is 18.2 Å². The highest BCUT2D eigenvalue weighted by atomic mass is 16.5. The molecule has 0 aliphatic heterocycles. The van der Waals surface area contributed by atoms with Gasteiger partial charge in [0, 0.05) is 6.04 Å². The minimum Gasteiger partial charge on any atom is -0.493 e. The molecule has 1 rings (SSSR count). The smallest absolute Gasteiger partial charge is 0.163 e. The topological polar surface area (TPSA) is 44.5 Å². The lowest BCUT2D eigenvalue weighted by atomic mass is 10.0. The van der Waals surface area contributed by atoms with Gasteiger partial charge in [0.2, 0.25) is 0 Å². The van der Waals surface area contributed by atoms with Crippen molar-refractivity contribution in [2.24, 2.45) is 5.73 Å². The van der Waals surface area contributed by atoms with Gasteiger partial charge in [-0.15, -0.1) is 0 Å². The first-order chi connectivity index (χ1) is 7.72. The highest BCUT2D eigenvalue weighted by Gasteiger charge is 2.12. The molecule has 0 aromatic heterocycles. The quantitative estimate of drug-likeness (QED) is 0.805. The van der Waals surface area contributed by atoms with E-state index >= 15 is 0 Å². The van der Waals surface area contributed by atoms with Crippen LogP contribution < -0.4 is 15.2 Å². The van der Waals surface area contributed by atoms with Crippen molar-refractivity contribution in [2.45, 2.75) is 32.2 Å². The number of rotatable bonds is 6. The summed E-state index contributed by atoms with van der Waals surface area (Å²) in [4.78, 5) is 0. The third kappa shape index (κ3) is 3.14. The van der Waals surface area contributed by atoms with Crippen LogP contribution in [-0.2, 0) is 6.42 Å². The number of benzene rings is 1. The maximum atomic E-state index is 6.03. The molecule has 0 amide bonds. The van der Waals surface area contributed by atoms with E-state index in [1.54, 1.807) is 14.2 Å². The van der Waals surface area contributed by atoms with Crippen LogP contribution >= 0.6 is 0 Å². The summed E-state index contributed by atoms with van der Waals surface area (Å²) in [5, 5.41) is 0. The van der Waals surface area contributed by atoms with Gasteiger partial charge in [0.15, 0.2) is 11.5 Å². The average molecular weight is 223 g/mol. The van der Waals surface area contributed by atoms with Crippen LogP contribution in [0.4, 0.5) is 0 Å². The van der Waals surface area contributed by atoms with E-state index in [0.717, 1.165) is 36.3 Å². The van der Waals surface area contributed by atoms with E-state index in [0.29, 0.717) is 0 Å². The van der Waals surface area contributed by atoms with Gasteiger partial charge in [-0.25, -0.2) is 0 Å². The minimum absolute atomic E-state index is 0.186. The lowest BCUT2D eigenvalue weighted by Crippen LogP contribution is -2.22. The van der Waals surface area contributed by atoms with Crippen molar-refractivity contribution in [1.82, 2.24) is 0 Å². The van der Waals surface area contributed by atoms with Crippen LogP contribution in [-0.4, -0.2) is 20.3 Å². The third-order valence-electron chi connectivity index (χ3n) is 2.63. The molecular weight excluding hydrogens is 202 g/mol. The Morgan fingerprint density at radius 3 is 2.56 bits per heavy atom. The number of hydrogen-bond acceptors (Lipinski definition) is 3. The molecule has 0 fully saturated rings. The molecule has 16 heavy (non-hydrogen) atoms. The second kappa shape index (κ2) is 6.38. The second-order valence-corrected chi connectivity index (χ2v) is 3.91. The lowest BCUT2D eigenvalue weighted by Gasteiger charge is -2.15. The van der Waals surface area contributed by atoms with Crippen molar-refractivity contribution in [3.05, 3.63) is 23.8 Å². The van der Waals surface area contributed by atoms with Gasteiger partial charge in [-0.3, -0.25) is 0 Å². The van der Waals surface area contributed by atoms with Crippen LogP contribution in [0.15, 0.2) is 18.2 Å². The Labute approximate surface area is 97.6 Å². The van der Waals surface area contributed by atoms with Crippen molar-refractivity contribution >= 4 is 0 Å². The molecule has 3 heteroatoms. The van der Waals surface area contributed by atoms with Gasteiger partial charge in [0.1, 0.15) is 0 Å². The molecule has 0 bridgehead atoms. The van der Waals surface area contributed by atoms with Gasteiger partial charge >= 0.3 is 0 Å². The number of hydrogen-bond donors (Lipinski definition) is 1. The molecule has 0 aliphatic carbocycles. The summed E-state index contributed by atoms with van der Waals surface area (Å²) in [5.41, 5.74) is 7.15. The van der Waals surface area contributed by atoms with Crippen molar-refractivity contribution in [1.29, 1.82) is 0 Å². The van der Waals surface area contributed by atoms with Crippen LogP contribution in [0, 0.1) is 0 Å². The first-order valence-electron chi connectivity index (χ1n) is 5.68. The van der Waals surface area contributed by atoms with Crippen LogP contribution in [0.1, 0.15) is 25.3 Å². The lowest BCUT2D eigenvalue weighted by molar-refractivity contribution is 0.350. The summed E-state index contributed by atoms with van der Waals surface area (Å²) >= 11 is 0. The molecule has 0 saturated carbocycles. The summed E-state index contributed by atoms with van der Waals surface area (Å²) < 4.78 is 10.6. The Bertz CT molecular complexity index is 326. The van der Waals surface area contributed by atoms with Crippen molar-refractivity contribution in [3.8, 4) is 11.5 Å². The molecule has 0 heterocycles. The SMILES string of the molecule is CCCC(N)Cc1cccc(OC)c1OC. The molecule has 3 nitrogen and oxygen atoms in total. The predicted octanol–water partition coefficient (Wildman–Crippen LogP) is 2.37. The number of para-hydroxylation sites is 1. The number of nitrogens with two attached hydrogens (primary N) is 1. The zero-order chi connectivity index (χ0) is 12.0. The molecule has 0 saturated heterocycles. The number of ether oxygens (including phenoxy) is 2. The normalized spacial score (nSPS) is 12.2. The molecule has 1 unspecified atom stereocenters. The van der Waals surface area contributed by atoms with Gasteiger partial charge < -0.3 is 15.2 Å². The Kier molecular flexibility index (Phi) is 5.12. The fraction of sp³-hybridized carbons (Fsp3) is 0.538. The minimum atomic E-state index is 0.186. The van der Waals surface area contributed by atoms with Gasteiger partial charge in [0.25, 0.3) is 0 Å². The van der Waals surface area contributed by atoms with Gasteiger partial charge in [-0.1, -0.05) is 25.5 Å². The molecule has 0 radical (unpaired) electrons. The first-order valence-corrected chi connectivity index (χ1v) is 5.68. The van der Waals surface area contributed by atoms with E-state index in [1.165, 1.54) is 0 Å². The van der Waals surface area contributed by atoms with Gasteiger partial charge in [-0.05, 0) is 24.5 Å². The highest BCUT2D eigenvalue weighted by molar-refractivity contribution is 5.46. The summed E-state index contributed by atoms with van der Waals surface area (Å²) in [5.74, 6) is 1.57. The zero-order valence-electron chi connectivity index (χ0n) is 10.3. The summed E-state index contributed by atoms with van der Waals surface area (Å²) in [7, 11) is 3.31.